The quantitative estimate of drug-likeness (QED) is 0.918. The highest BCUT2D eigenvalue weighted by molar-refractivity contribution is 5.97. The molecule has 0 atom stereocenters. The number of nitrogens with zero attached hydrogens (tertiary/aromatic N) is 1. The molecule has 2 aromatic rings. The van der Waals surface area contributed by atoms with E-state index in [0.29, 0.717) is 12.4 Å². The second kappa shape index (κ2) is 6.77. The van der Waals surface area contributed by atoms with Crippen molar-refractivity contribution in [3.8, 4) is 5.75 Å². The van der Waals surface area contributed by atoms with Crippen molar-refractivity contribution < 1.29 is 19.4 Å². The molecule has 1 N–H and O–H groups in total. The molecule has 0 aliphatic carbocycles. The molecule has 0 unspecified atom stereocenters. The zero-order valence-corrected chi connectivity index (χ0v) is 12.3. The summed E-state index contributed by atoms with van der Waals surface area (Å²) in [5, 5.41) is 11.2. The van der Waals surface area contributed by atoms with Crippen LogP contribution < -0.4 is 4.74 Å². The molecule has 0 bridgehead atoms. The van der Waals surface area contributed by atoms with Crippen LogP contribution >= 0.6 is 0 Å². The number of hydrogen-bond acceptors (Lipinski definition) is 4. The van der Waals surface area contributed by atoms with Gasteiger partial charge in [0, 0.05) is 19.6 Å². The first kappa shape index (κ1) is 14.8. The first-order chi connectivity index (χ1) is 10.7. The third kappa shape index (κ3) is 3.37. The Labute approximate surface area is 129 Å². The second-order valence-electron chi connectivity index (χ2n) is 5.30. The fourth-order valence-electron chi connectivity index (χ4n) is 2.62. The Morgan fingerprint density at radius 1 is 1.18 bits per heavy atom. The zero-order chi connectivity index (χ0) is 15.4. The van der Waals surface area contributed by atoms with E-state index in [1.807, 2.05) is 24.3 Å². The first-order valence-corrected chi connectivity index (χ1v) is 7.43. The Morgan fingerprint density at radius 3 is 2.55 bits per heavy atom. The van der Waals surface area contributed by atoms with Crippen LogP contribution in [0.3, 0.4) is 0 Å². The van der Waals surface area contributed by atoms with Crippen LogP contribution in [0, 0.1) is 0 Å². The van der Waals surface area contributed by atoms with Gasteiger partial charge in [0.25, 0.3) is 0 Å². The maximum Gasteiger partial charge on any atom is 0.339 e. The standard InChI is InChI=1S/C17H19NO4/c19-17(20)15-11-13-3-1-2-4-14(13)12-16(15)22-10-7-18-5-8-21-9-6-18/h1-4,11-12H,5-10H2,(H,19,20). The van der Waals surface area contributed by atoms with E-state index < -0.39 is 5.97 Å². The number of carboxylic acids is 1. The molecular weight excluding hydrogens is 282 g/mol. The topological polar surface area (TPSA) is 59.0 Å². The van der Waals surface area contributed by atoms with Crippen LogP contribution in [0.25, 0.3) is 10.8 Å². The number of fused-ring (bicyclic) bond motifs is 1. The lowest BCUT2D eigenvalue weighted by atomic mass is 10.1. The van der Waals surface area contributed by atoms with Crippen LogP contribution in [0.15, 0.2) is 36.4 Å². The smallest absolute Gasteiger partial charge is 0.339 e. The van der Waals surface area contributed by atoms with Gasteiger partial charge in [-0.05, 0) is 22.9 Å². The molecule has 0 amide bonds. The lowest BCUT2D eigenvalue weighted by Crippen LogP contribution is -2.38. The van der Waals surface area contributed by atoms with Crippen molar-refractivity contribution in [1.29, 1.82) is 0 Å². The molecule has 1 saturated heterocycles. The minimum Gasteiger partial charge on any atom is -0.491 e. The lowest BCUT2D eigenvalue weighted by Gasteiger charge is -2.26. The fraction of sp³-hybridized carbons (Fsp3) is 0.353. The molecule has 1 aliphatic heterocycles. The Morgan fingerprint density at radius 2 is 1.86 bits per heavy atom. The van der Waals surface area contributed by atoms with Gasteiger partial charge in [-0.2, -0.15) is 0 Å². The van der Waals surface area contributed by atoms with E-state index in [0.717, 1.165) is 43.6 Å². The van der Waals surface area contributed by atoms with Gasteiger partial charge in [-0.3, -0.25) is 4.90 Å². The van der Waals surface area contributed by atoms with Crippen LogP contribution in [0.1, 0.15) is 10.4 Å². The normalized spacial score (nSPS) is 15.8. The zero-order valence-electron chi connectivity index (χ0n) is 12.3. The third-order valence-corrected chi connectivity index (χ3v) is 3.85. The average molecular weight is 301 g/mol. The summed E-state index contributed by atoms with van der Waals surface area (Å²) < 4.78 is 11.0. The van der Waals surface area contributed by atoms with Crippen molar-refractivity contribution in [2.75, 3.05) is 39.5 Å². The summed E-state index contributed by atoms with van der Waals surface area (Å²) >= 11 is 0. The van der Waals surface area contributed by atoms with Crippen molar-refractivity contribution in [1.82, 2.24) is 4.90 Å². The highest BCUT2D eigenvalue weighted by Crippen LogP contribution is 2.26. The minimum absolute atomic E-state index is 0.209. The molecular formula is C17H19NO4. The molecule has 0 spiro atoms. The Bertz CT molecular complexity index is 665. The van der Waals surface area contributed by atoms with Gasteiger partial charge < -0.3 is 14.6 Å². The lowest BCUT2D eigenvalue weighted by molar-refractivity contribution is 0.0321. The number of rotatable bonds is 5. The summed E-state index contributed by atoms with van der Waals surface area (Å²) in [7, 11) is 0. The molecule has 1 aliphatic rings. The van der Waals surface area contributed by atoms with Crippen molar-refractivity contribution in [2.45, 2.75) is 0 Å². The predicted molar refractivity (Wildman–Crippen MR) is 83.7 cm³/mol. The van der Waals surface area contributed by atoms with Gasteiger partial charge in [0.05, 0.1) is 13.2 Å². The van der Waals surface area contributed by atoms with Gasteiger partial charge in [-0.25, -0.2) is 4.79 Å². The van der Waals surface area contributed by atoms with Crippen molar-refractivity contribution in [3.05, 3.63) is 42.0 Å². The maximum atomic E-state index is 11.4. The first-order valence-electron chi connectivity index (χ1n) is 7.43. The molecule has 5 nitrogen and oxygen atoms in total. The van der Waals surface area contributed by atoms with Crippen LogP contribution in [0.4, 0.5) is 0 Å². The van der Waals surface area contributed by atoms with Gasteiger partial charge in [0.15, 0.2) is 0 Å². The summed E-state index contributed by atoms with van der Waals surface area (Å²) in [5.41, 5.74) is 0.209. The molecule has 2 aromatic carbocycles. The van der Waals surface area contributed by atoms with Crippen LogP contribution in [0.2, 0.25) is 0 Å². The van der Waals surface area contributed by atoms with Crippen LogP contribution in [-0.4, -0.2) is 55.4 Å². The highest BCUT2D eigenvalue weighted by Gasteiger charge is 2.14. The summed E-state index contributed by atoms with van der Waals surface area (Å²) in [4.78, 5) is 13.7. The van der Waals surface area contributed by atoms with Gasteiger partial charge >= 0.3 is 5.97 Å². The van der Waals surface area contributed by atoms with Gasteiger partial charge in [-0.15, -0.1) is 0 Å². The van der Waals surface area contributed by atoms with Crippen molar-refractivity contribution >= 4 is 16.7 Å². The van der Waals surface area contributed by atoms with Gasteiger partial charge in [0.1, 0.15) is 17.9 Å². The fourth-order valence-corrected chi connectivity index (χ4v) is 2.62. The largest absolute Gasteiger partial charge is 0.491 e. The van der Waals surface area contributed by atoms with E-state index in [2.05, 4.69) is 4.90 Å². The number of ether oxygens (including phenoxy) is 2. The van der Waals surface area contributed by atoms with Gasteiger partial charge in [0.2, 0.25) is 0 Å². The van der Waals surface area contributed by atoms with Crippen LogP contribution in [-0.2, 0) is 4.74 Å². The SMILES string of the molecule is O=C(O)c1cc2ccccc2cc1OCCN1CCOCC1. The van der Waals surface area contributed by atoms with E-state index in [9.17, 15) is 9.90 Å². The van der Waals surface area contributed by atoms with E-state index in [1.54, 1.807) is 12.1 Å². The van der Waals surface area contributed by atoms with Crippen molar-refractivity contribution in [3.63, 3.8) is 0 Å². The second-order valence-corrected chi connectivity index (χ2v) is 5.30. The molecule has 3 rings (SSSR count). The monoisotopic (exact) mass is 301 g/mol. The van der Waals surface area contributed by atoms with Crippen molar-refractivity contribution in [2.24, 2.45) is 0 Å². The van der Waals surface area contributed by atoms with E-state index in [-0.39, 0.29) is 5.56 Å². The number of benzene rings is 2. The van der Waals surface area contributed by atoms with Gasteiger partial charge in [-0.1, -0.05) is 24.3 Å². The van der Waals surface area contributed by atoms with Crippen LogP contribution in [0.5, 0.6) is 5.75 Å². The molecule has 1 heterocycles. The Balaban J connectivity index is 1.73. The third-order valence-electron chi connectivity index (χ3n) is 3.85. The summed E-state index contributed by atoms with van der Waals surface area (Å²) in [5.74, 6) is -0.536. The predicted octanol–water partition coefficient (Wildman–Crippen LogP) is 2.25. The average Bonchev–Trinajstić information content (AvgIpc) is 2.55. The molecule has 1 fully saturated rings. The summed E-state index contributed by atoms with van der Waals surface area (Å²) in [6.07, 6.45) is 0. The summed E-state index contributed by atoms with van der Waals surface area (Å²) in [6.45, 7) is 4.53. The summed E-state index contributed by atoms with van der Waals surface area (Å²) in [6, 6.07) is 11.2. The van der Waals surface area contributed by atoms with E-state index >= 15 is 0 Å². The Hall–Kier alpha value is -2.11. The minimum atomic E-state index is -0.966. The molecule has 22 heavy (non-hydrogen) atoms. The molecule has 5 heteroatoms. The number of carbonyl (C=O) groups is 1. The number of morpholine rings is 1. The highest BCUT2D eigenvalue weighted by atomic mass is 16.5. The maximum absolute atomic E-state index is 11.4. The van der Waals surface area contributed by atoms with E-state index in [1.165, 1.54) is 0 Å². The molecule has 0 saturated carbocycles. The van der Waals surface area contributed by atoms with E-state index in [4.69, 9.17) is 9.47 Å². The molecule has 116 valence electrons. The Kier molecular flexibility index (Phi) is 4.56. The number of hydrogen-bond donors (Lipinski definition) is 1. The number of carboxylic acid groups (broad SMARTS) is 1. The molecule has 0 radical (unpaired) electrons. The number of aromatic carboxylic acids is 1. The molecule has 0 aromatic heterocycles.